The Morgan fingerprint density at radius 3 is 2.07 bits per heavy atom. The molecule has 0 saturated carbocycles. The molecule has 0 amide bonds. The van der Waals surface area contributed by atoms with Crippen molar-refractivity contribution in [3.63, 3.8) is 0 Å². The largest absolute Gasteiger partial charge is 0.490 e. The highest BCUT2D eigenvalue weighted by molar-refractivity contribution is 5.95. The van der Waals surface area contributed by atoms with Crippen molar-refractivity contribution in [3.05, 3.63) is 102 Å². The first-order chi connectivity index (χ1) is 20.6. The second-order valence-corrected chi connectivity index (χ2v) is 9.63. The molecule has 4 rings (SSSR count). The molecule has 1 N–H and O–H groups in total. The van der Waals surface area contributed by atoms with Crippen LogP contribution in [0.1, 0.15) is 40.7 Å². The molecule has 0 saturated heterocycles. The van der Waals surface area contributed by atoms with E-state index in [0.29, 0.717) is 22.8 Å². The molecule has 10 heteroatoms. The van der Waals surface area contributed by atoms with Crippen LogP contribution in [0.25, 0.3) is 11.1 Å². The van der Waals surface area contributed by atoms with Crippen LogP contribution in [-0.2, 0) is 23.9 Å². The molecule has 0 fully saturated rings. The fraction of sp³-hybridized carbons (Fsp3) is 0.212. The number of carbonyl (C=O) groups is 4. The highest BCUT2D eigenvalue weighted by atomic mass is 16.6. The molecule has 43 heavy (non-hydrogen) atoms. The van der Waals surface area contributed by atoms with Gasteiger partial charge in [0.25, 0.3) is 0 Å². The molecular weight excluding hydrogens is 556 g/mol. The Morgan fingerprint density at radius 2 is 1.40 bits per heavy atom. The van der Waals surface area contributed by atoms with E-state index in [1.165, 1.54) is 7.11 Å². The Kier molecular flexibility index (Phi) is 9.74. The molecule has 3 aromatic carbocycles. The van der Waals surface area contributed by atoms with Crippen LogP contribution in [0.5, 0.6) is 17.2 Å². The number of esters is 4. The lowest BCUT2D eigenvalue weighted by atomic mass is 9.98. The molecule has 1 atom stereocenters. The predicted molar refractivity (Wildman–Crippen MR) is 155 cm³/mol. The topological polar surface area (TPSA) is 135 Å². The summed E-state index contributed by atoms with van der Waals surface area (Å²) in [5.41, 5.74) is 4.08. The molecule has 0 spiro atoms. The molecule has 0 aliphatic heterocycles. The number of aliphatic hydroxyl groups excluding tert-OH is 1. The predicted octanol–water partition coefficient (Wildman–Crippen LogP) is 4.53. The van der Waals surface area contributed by atoms with Gasteiger partial charge in [-0.05, 0) is 70.8 Å². The van der Waals surface area contributed by atoms with Crippen LogP contribution in [0.4, 0.5) is 0 Å². The molecule has 0 aromatic heterocycles. The molecular formula is C33H30O10. The van der Waals surface area contributed by atoms with Crippen molar-refractivity contribution in [2.24, 2.45) is 0 Å². The highest BCUT2D eigenvalue weighted by Crippen LogP contribution is 2.46. The summed E-state index contributed by atoms with van der Waals surface area (Å²) in [6, 6.07) is 17.0. The molecule has 0 bridgehead atoms. The van der Waals surface area contributed by atoms with Crippen molar-refractivity contribution >= 4 is 23.9 Å². The lowest BCUT2D eigenvalue weighted by Crippen LogP contribution is -2.15. The first-order valence-corrected chi connectivity index (χ1v) is 13.3. The van der Waals surface area contributed by atoms with Crippen molar-refractivity contribution in [1.29, 1.82) is 0 Å². The van der Waals surface area contributed by atoms with Gasteiger partial charge in [-0.2, -0.15) is 0 Å². The fourth-order valence-electron chi connectivity index (χ4n) is 4.40. The lowest BCUT2D eigenvalue weighted by Gasteiger charge is -2.11. The number of hydrogen-bond acceptors (Lipinski definition) is 10. The molecule has 0 radical (unpaired) electrons. The van der Waals surface area contributed by atoms with Gasteiger partial charge in [-0.15, -0.1) is 0 Å². The van der Waals surface area contributed by atoms with Gasteiger partial charge in [-0.3, -0.25) is 4.79 Å². The minimum absolute atomic E-state index is 0.0153. The maximum Gasteiger partial charge on any atom is 0.343 e. The number of carbonyl (C=O) groups excluding carboxylic acids is 4. The standard InChI is InChI=1S/C33H30O10/c1-19(15-30(35)39-4)32(37)43-25-10-12-27-26-11-5-22(16-28(26)21(3)29(27)17-25)33(38)42-24-8-6-23(7-9-24)40-13-14-41-31(36)20(2)18-34/h5-12,16-17,21,34H,1-2,13-15,18H2,3-4H3. The molecule has 3 aromatic rings. The number of hydrogen-bond donors (Lipinski definition) is 1. The van der Waals surface area contributed by atoms with Crippen molar-refractivity contribution in [1.82, 2.24) is 0 Å². The van der Waals surface area contributed by atoms with Crippen LogP contribution in [0.3, 0.4) is 0 Å². The van der Waals surface area contributed by atoms with Crippen molar-refractivity contribution < 1.29 is 48.0 Å². The Morgan fingerprint density at radius 1 is 0.767 bits per heavy atom. The Balaban J connectivity index is 1.35. The Hall–Kier alpha value is -5.22. The van der Waals surface area contributed by atoms with Crippen molar-refractivity contribution in [2.75, 3.05) is 26.9 Å². The summed E-state index contributed by atoms with van der Waals surface area (Å²) in [5, 5.41) is 8.87. The summed E-state index contributed by atoms with van der Waals surface area (Å²) < 4.78 is 26.0. The van der Waals surface area contributed by atoms with E-state index < -0.39 is 30.5 Å². The molecule has 1 aliphatic carbocycles. The first-order valence-electron chi connectivity index (χ1n) is 13.3. The van der Waals surface area contributed by atoms with Gasteiger partial charge in [0, 0.05) is 11.5 Å². The highest BCUT2D eigenvalue weighted by Gasteiger charge is 2.28. The normalized spacial score (nSPS) is 12.8. The van der Waals surface area contributed by atoms with Gasteiger partial charge in [0.15, 0.2) is 0 Å². The van der Waals surface area contributed by atoms with E-state index in [2.05, 4.69) is 17.9 Å². The molecule has 0 heterocycles. The third kappa shape index (κ3) is 7.35. The van der Waals surface area contributed by atoms with E-state index in [1.54, 1.807) is 48.5 Å². The van der Waals surface area contributed by atoms with E-state index in [-0.39, 0.29) is 36.7 Å². The number of aliphatic hydroxyl groups is 1. The number of methoxy groups -OCH3 is 1. The van der Waals surface area contributed by atoms with Crippen LogP contribution < -0.4 is 14.2 Å². The lowest BCUT2D eigenvalue weighted by molar-refractivity contribution is -0.141. The van der Waals surface area contributed by atoms with Gasteiger partial charge in [0.05, 0.1) is 31.3 Å². The number of ether oxygens (including phenoxy) is 5. The summed E-state index contributed by atoms with van der Waals surface area (Å²) in [6.45, 7) is 8.57. The van der Waals surface area contributed by atoms with Gasteiger partial charge < -0.3 is 28.8 Å². The Labute approximate surface area is 248 Å². The molecule has 10 nitrogen and oxygen atoms in total. The maximum atomic E-state index is 12.9. The van der Waals surface area contributed by atoms with E-state index in [9.17, 15) is 19.2 Å². The third-order valence-corrected chi connectivity index (χ3v) is 6.72. The smallest absolute Gasteiger partial charge is 0.343 e. The van der Waals surface area contributed by atoms with Crippen LogP contribution in [-0.4, -0.2) is 55.9 Å². The summed E-state index contributed by atoms with van der Waals surface area (Å²) >= 11 is 0. The first kappa shape index (κ1) is 30.7. The molecule has 222 valence electrons. The van der Waals surface area contributed by atoms with E-state index in [0.717, 1.165) is 22.3 Å². The SMILES string of the molecule is C=C(CO)C(=O)OCCOc1ccc(OC(=O)c2ccc3c(c2)C(C)c2cc(OC(=O)C(=C)CC(=O)OC)ccc2-3)cc1. The maximum absolute atomic E-state index is 12.9. The van der Waals surface area contributed by atoms with Gasteiger partial charge in [0.2, 0.25) is 0 Å². The second-order valence-electron chi connectivity index (χ2n) is 9.63. The average Bonchev–Trinajstić information content (AvgIpc) is 3.29. The van der Waals surface area contributed by atoms with Crippen molar-refractivity contribution in [3.8, 4) is 28.4 Å². The Bertz CT molecular complexity index is 1590. The van der Waals surface area contributed by atoms with Crippen LogP contribution in [0.2, 0.25) is 0 Å². The summed E-state index contributed by atoms with van der Waals surface area (Å²) in [6.07, 6.45) is -0.263. The summed E-state index contributed by atoms with van der Waals surface area (Å²) in [7, 11) is 1.23. The van der Waals surface area contributed by atoms with Gasteiger partial charge in [-0.1, -0.05) is 32.2 Å². The van der Waals surface area contributed by atoms with Gasteiger partial charge >= 0.3 is 23.9 Å². The third-order valence-electron chi connectivity index (χ3n) is 6.72. The van der Waals surface area contributed by atoms with Gasteiger partial charge in [-0.25, -0.2) is 14.4 Å². The van der Waals surface area contributed by atoms with E-state index in [4.69, 9.17) is 24.1 Å². The van der Waals surface area contributed by atoms with Crippen LogP contribution in [0.15, 0.2) is 85.0 Å². The summed E-state index contributed by atoms with van der Waals surface area (Å²) in [4.78, 5) is 48.2. The zero-order valence-corrected chi connectivity index (χ0v) is 23.7. The van der Waals surface area contributed by atoms with Crippen LogP contribution in [0, 0.1) is 0 Å². The van der Waals surface area contributed by atoms with Crippen LogP contribution >= 0.6 is 0 Å². The summed E-state index contributed by atoms with van der Waals surface area (Å²) in [5.74, 6) is -1.50. The second kappa shape index (κ2) is 13.6. The quantitative estimate of drug-likeness (QED) is 0.140. The fourth-order valence-corrected chi connectivity index (χ4v) is 4.40. The number of fused-ring (bicyclic) bond motifs is 3. The molecule has 1 unspecified atom stereocenters. The zero-order chi connectivity index (χ0) is 31.1. The molecule has 1 aliphatic rings. The van der Waals surface area contributed by atoms with Crippen molar-refractivity contribution in [2.45, 2.75) is 19.3 Å². The minimum atomic E-state index is -0.718. The number of rotatable bonds is 12. The van der Waals surface area contributed by atoms with Gasteiger partial charge in [0.1, 0.15) is 30.5 Å². The average molecular weight is 587 g/mol. The zero-order valence-electron chi connectivity index (χ0n) is 23.7. The monoisotopic (exact) mass is 586 g/mol. The number of benzene rings is 3. The van der Waals surface area contributed by atoms with E-state index in [1.807, 2.05) is 19.1 Å². The minimum Gasteiger partial charge on any atom is -0.490 e. The van der Waals surface area contributed by atoms with E-state index >= 15 is 0 Å².